The Morgan fingerprint density at radius 3 is 2.48 bits per heavy atom. The molecule has 2 nitrogen and oxygen atoms in total. The van der Waals surface area contributed by atoms with Crippen molar-refractivity contribution in [3.05, 3.63) is 11.6 Å². The van der Waals surface area contributed by atoms with Gasteiger partial charge in [-0.3, -0.25) is 4.79 Å². The standard InChI is InChI=1S/C22H36O2Si/c1-21-12-10-18-17-9-7-16(23)14-15(17)6-8-19(18)20(21)11-13-22(21,2)24-25(3,4)5/h14,17-20H,6-13H2,1-5H3/t17-,18+,19-,20-,21+,22?/m1/s1. The predicted octanol–water partition coefficient (Wildman–Crippen LogP) is 5.74. The van der Waals surface area contributed by atoms with Gasteiger partial charge in [0.25, 0.3) is 0 Å². The minimum atomic E-state index is -1.54. The van der Waals surface area contributed by atoms with E-state index in [0.29, 0.717) is 17.1 Å². The summed E-state index contributed by atoms with van der Waals surface area (Å²) in [6.07, 6.45) is 11.7. The second-order valence-electron chi connectivity index (χ2n) is 10.7. The summed E-state index contributed by atoms with van der Waals surface area (Å²) >= 11 is 0. The molecule has 4 rings (SSSR count). The van der Waals surface area contributed by atoms with Crippen molar-refractivity contribution in [2.75, 3.05) is 0 Å². The fourth-order valence-electron chi connectivity index (χ4n) is 7.25. The van der Waals surface area contributed by atoms with E-state index in [4.69, 9.17) is 4.43 Å². The van der Waals surface area contributed by atoms with Gasteiger partial charge in [-0.05, 0) is 107 Å². The molecule has 0 saturated heterocycles. The van der Waals surface area contributed by atoms with E-state index in [-0.39, 0.29) is 5.60 Å². The molecular weight excluding hydrogens is 324 g/mol. The molecule has 4 aliphatic rings. The highest BCUT2D eigenvalue weighted by Crippen LogP contribution is 2.66. The van der Waals surface area contributed by atoms with Gasteiger partial charge in [0.05, 0.1) is 5.60 Å². The molecule has 1 unspecified atom stereocenters. The molecular formula is C22H36O2Si. The van der Waals surface area contributed by atoms with Crippen molar-refractivity contribution >= 4 is 14.1 Å². The van der Waals surface area contributed by atoms with Gasteiger partial charge in [-0.25, -0.2) is 0 Å². The Morgan fingerprint density at radius 1 is 1.00 bits per heavy atom. The number of allylic oxidation sites excluding steroid dienone is 1. The van der Waals surface area contributed by atoms with E-state index in [1.54, 1.807) is 0 Å². The van der Waals surface area contributed by atoms with Gasteiger partial charge in [0, 0.05) is 6.42 Å². The first-order valence-corrected chi connectivity index (χ1v) is 14.0. The average molecular weight is 361 g/mol. The van der Waals surface area contributed by atoms with Crippen LogP contribution in [0.1, 0.15) is 65.2 Å². The second-order valence-corrected chi connectivity index (χ2v) is 15.2. The molecule has 25 heavy (non-hydrogen) atoms. The Labute approximate surface area is 154 Å². The Morgan fingerprint density at radius 2 is 1.76 bits per heavy atom. The van der Waals surface area contributed by atoms with Crippen molar-refractivity contribution in [2.45, 2.75) is 90.5 Å². The van der Waals surface area contributed by atoms with Gasteiger partial charge in [-0.1, -0.05) is 12.5 Å². The zero-order chi connectivity index (χ0) is 18.0. The third-order valence-electron chi connectivity index (χ3n) is 8.36. The molecule has 0 aromatic heterocycles. The lowest BCUT2D eigenvalue weighted by molar-refractivity contribution is -0.117. The van der Waals surface area contributed by atoms with E-state index in [1.165, 1.54) is 44.1 Å². The number of carbonyl (C=O) groups excluding carboxylic acids is 1. The molecule has 3 saturated carbocycles. The molecule has 0 aromatic rings. The summed E-state index contributed by atoms with van der Waals surface area (Å²) in [6.45, 7) is 12.0. The van der Waals surface area contributed by atoms with E-state index in [2.05, 4.69) is 33.5 Å². The molecule has 4 aliphatic carbocycles. The third kappa shape index (κ3) is 2.81. The van der Waals surface area contributed by atoms with Crippen LogP contribution in [0.2, 0.25) is 19.6 Å². The van der Waals surface area contributed by atoms with Gasteiger partial charge in [0.1, 0.15) is 0 Å². The maximum absolute atomic E-state index is 11.8. The number of fused-ring (bicyclic) bond motifs is 5. The van der Waals surface area contributed by atoms with Crippen LogP contribution in [-0.4, -0.2) is 19.7 Å². The van der Waals surface area contributed by atoms with Crippen LogP contribution < -0.4 is 0 Å². The number of hydrogen-bond acceptors (Lipinski definition) is 2. The first kappa shape index (κ1) is 18.0. The van der Waals surface area contributed by atoms with E-state index in [1.807, 2.05) is 6.08 Å². The van der Waals surface area contributed by atoms with E-state index < -0.39 is 8.32 Å². The predicted molar refractivity (Wildman–Crippen MR) is 105 cm³/mol. The third-order valence-corrected chi connectivity index (χ3v) is 9.42. The molecule has 0 spiro atoms. The lowest BCUT2D eigenvalue weighted by atomic mass is 9.51. The largest absolute Gasteiger partial charge is 0.412 e. The van der Waals surface area contributed by atoms with Crippen LogP contribution in [0.4, 0.5) is 0 Å². The number of rotatable bonds is 2. The molecule has 0 N–H and O–H groups in total. The normalized spacial score (nSPS) is 46.9. The monoisotopic (exact) mass is 360 g/mol. The summed E-state index contributed by atoms with van der Waals surface area (Å²) in [6, 6.07) is 0. The van der Waals surface area contributed by atoms with Gasteiger partial charge in [0.15, 0.2) is 14.1 Å². The van der Waals surface area contributed by atoms with Crippen LogP contribution in [0.15, 0.2) is 11.6 Å². The Kier molecular flexibility index (Phi) is 4.16. The van der Waals surface area contributed by atoms with Crippen molar-refractivity contribution in [3.8, 4) is 0 Å². The highest BCUT2D eigenvalue weighted by Gasteiger charge is 2.62. The maximum Gasteiger partial charge on any atom is 0.184 e. The summed E-state index contributed by atoms with van der Waals surface area (Å²) < 4.78 is 6.84. The van der Waals surface area contributed by atoms with Crippen molar-refractivity contribution in [1.82, 2.24) is 0 Å². The summed E-state index contributed by atoms with van der Waals surface area (Å²) in [4.78, 5) is 11.8. The van der Waals surface area contributed by atoms with Crippen molar-refractivity contribution in [2.24, 2.45) is 29.1 Å². The van der Waals surface area contributed by atoms with Crippen LogP contribution in [0.25, 0.3) is 0 Å². The van der Waals surface area contributed by atoms with Crippen LogP contribution in [0.3, 0.4) is 0 Å². The Balaban J connectivity index is 1.60. The summed E-state index contributed by atoms with van der Waals surface area (Å²) in [5.41, 5.74) is 1.92. The van der Waals surface area contributed by atoms with Crippen molar-refractivity contribution in [1.29, 1.82) is 0 Å². The van der Waals surface area contributed by atoms with E-state index in [0.717, 1.165) is 30.6 Å². The summed E-state index contributed by atoms with van der Waals surface area (Å²) in [5, 5.41) is 0. The van der Waals surface area contributed by atoms with Crippen molar-refractivity contribution in [3.63, 3.8) is 0 Å². The zero-order valence-corrected chi connectivity index (χ0v) is 17.9. The fourth-order valence-corrected chi connectivity index (χ4v) is 8.94. The van der Waals surface area contributed by atoms with Crippen LogP contribution in [-0.2, 0) is 9.22 Å². The first-order valence-electron chi connectivity index (χ1n) is 10.6. The molecule has 0 aliphatic heterocycles. The first-order chi connectivity index (χ1) is 11.6. The smallest absolute Gasteiger partial charge is 0.184 e. The van der Waals surface area contributed by atoms with Crippen LogP contribution in [0, 0.1) is 29.1 Å². The minimum Gasteiger partial charge on any atom is -0.412 e. The molecule has 140 valence electrons. The SMILES string of the molecule is CC1(O[Si](C)(C)C)CC[C@@H]2[C@@H]3CCC4=CC(=O)CC[C@H]4[C@@H]3CC[C@@]21C. The molecule has 0 aromatic carbocycles. The maximum atomic E-state index is 11.8. The minimum absolute atomic E-state index is 0.0752. The molecule has 0 heterocycles. The number of carbonyl (C=O) groups is 1. The topological polar surface area (TPSA) is 26.3 Å². The Hall–Kier alpha value is -0.413. The van der Waals surface area contributed by atoms with Gasteiger partial charge < -0.3 is 4.43 Å². The Bertz CT molecular complexity index is 604. The van der Waals surface area contributed by atoms with Crippen molar-refractivity contribution < 1.29 is 9.22 Å². The average Bonchev–Trinajstić information content (AvgIpc) is 2.76. The fraction of sp³-hybridized carbons (Fsp3) is 0.864. The highest BCUT2D eigenvalue weighted by molar-refractivity contribution is 6.69. The molecule has 3 fully saturated rings. The number of hydrogen-bond donors (Lipinski definition) is 0. The molecule has 6 atom stereocenters. The van der Waals surface area contributed by atoms with Gasteiger partial charge >= 0.3 is 0 Å². The van der Waals surface area contributed by atoms with Crippen LogP contribution >= 0.6 is 0 Å². The van der Waals surface area contributed by atoms with E-state index in [9.17, 15) is 4.79 Å². The quantitative estimate of drug-likeness (QED) is 0.587. The lowest BCUT2D eigenvalue weighted by Gasteiger charge is -2.57. The number of ketones is 1. The summed E-state index contributed by atoms with van der Waals surface area (Å²) in [7, 11) is -1.54. The summed E-state index contributed by atoms with van der Waals surface area (Å²) in [5.74, 6) is 3.61. The zero-order valence-electron chi connectivity index (χ0n) is 16.9. The molecule has 3 heteroatoms. The second kappa shape index (κ2) is 5.79. The van der Waals surface area contributed by atoms with Crippen LogP contribution in [0.5, 0.6) is 0 Å². The highest BCUT2D eigenvalue weighted by atomic mass is 28.4. The lowest BCUT2D eigenvalue weighted by Crippen LogP contribution is -2.55. The van der Waals surface area contributed by atoms with Gasteiger partial charge in [0.2, 0.25) is 0 Å². The molecule has 0 amide bonds. The molecule has 0 bridgehead atoms. The van der Waals surface area contributed by atoms with Gasteiger partial charge in [-0.15, -0.1) is 0 Å². The molecule has 0 radical (unpaired) electrons. The van der Waals surface area contributed by atoms with Gasteiger partial charge in [-0.2, -0.15) is 0 Å². The van der Waals surface area contributed by atoms with E-state index >= 15 is 0 Å².